The fourth-order valence-electron chi connectivity index (χ4n) is 1.49. The monoisotopic (exact) mass is 283 g/mol. The van der Waals surface area contributed by atoms with Gasteiger partial charge in [-0.25, -0.2) is 0 Å². The second-order valence-corrected chi connectivity index (χ2v) is 7.76. The van der Waals surface area contributed by atoms with Crippen LogP contribution in [0.15, 0.2) is 18.2 Å². The molecular weight excluding hydrogens is 262 g/mol. The van der Waals surface area contributed by atoms with E-state index in [0.29, 0.717) is 12.3 Å². The van der Waals surface area contributed by atoms with Crippen LogP contribution in [0.3, 0.4) is 0 Å². The molecule has 106 valence electrons. The summed E-state index contributed by atoms with van der Waals surface area (Å²) in [6.45, 7) is 7.87. The van der Waals surface area contributed by atoms with E-state index in [2.05, 4.69) is 5.32 Å². The molecule has 0 aromatic heterocycles. The molecule has 1 rings (SSSR count). The predicted molar refractivity (Wildman–Crippen MR) is 77.9 cm³/mol. The molecule has 1 atom stereocenters. The number of hydrogen-bond acceptors (Lipinski definition) is 3. The van der Waals surface area contributed by atoms with Crippen LogP contribution in [0, 0.1) is 6.92 Å². The number of rotatable bonds is 4. The van der Waals surface area contributed by atoms with Crippen molar-refractivity contribution in [2.75, 3.05) is 12.3 Å². The van der Waals surface area contributed by atoms with E-state index in [-0.39, 0.29) is 22.0 Å². The third kappa shape index (κ3) is 4.67. The molecule has 4 nitrogen and oxygen atoms in total. The highest BCUT2D eigenvalue weighted by Gasteiger charge is 2.19. The summed E-state index contributed by atoms with van der Waals surface area (Å²) in [7, 11) is -0.996. The summed E-state index contributed by atoms with van der Waals surface area (Å²) in [5.41, 5.74) is 1.13. The van der Waals surface area contributed by atoms with Crippen LogP contribution in [-0.4, -0.2) is 32.3 Å². The van der Waals surface area contributed by atoms with E-state index in [1.165, 1.54) is 0 Å². The van der Waals surface area contributed by atoms with E-state index < -0.39 is 10.8 Å². The van der Waals surface area contributed by atoms with E-state index in [0.717, 1.165) is 5.56 Å². The SMILES string of the molecule is Cc1ccc(C(=O)NCC[S@@](=O)C(C)(C)C)c(O)c1. The molecule has 0 aliphatic heterocycles. The highest BCUT2D eigenvalue weighted by atomic mass is 32.2. The fraction of sp³-hybridized carbons (Fsp3) is 0.500. The first-order valence-electron chi connectivity index (χ1n) is 6.18. The molecule has 0 bridgehead atoms. The standard InChI is InChI=1S/C14H21NO3S/c1-10-5-6-11(12(16)9-10)13(17)15-7-8-19(18)14(2,3)4/h5-6,9,16H,7-8H2,1-4H3,(H,15,17)/t19-/m1/s1. The van der Waals surface area contributed by atoms with Crippen molar-refractivity contribution in [3.8, 4) is 5.75 Å². The van der Waals surface area contributed by atoms with Gasteiger partial charge in [0.25, 0.3) is 5.91 Å². The Morgan fingerprint density at radius 3 is 2.53 bits per heavy atom. The molecule has 0 saturated carbocycles. The van der Waals surface area contributed by atoms with Crippen molar-refractivity contribution in [2.45, 2.75) is 32.4 Å². The topological polar surface area (TPSA) is 66.4 Å². The summed E-state index contributed by atoms with van der Waals surface area (Å²) in [6, 6.07) is 4.89. The second kappa shape index (κ2) is 6.19. The minimum absolute atomic E-state index is 0.0329. The molecular formula is C14H21NO3S. The van der Waals surface area contributed by atoms with Gasteiger partial charge in [-0.2, -0.15) is 0 Å². The highest BCUT2D eigenvalue weighted by molar-refractivity contribution is 7.86. The van der Waals surface area contributed by atoms with Gasteiger partial charge in [0, 0.05) is 27.8 Å². The number of carbonyl (C=O) groups is 1. The van der Waals surface area contributed by atoms with Crippen LogP contribution in [0.4, 0.5) is 0 Å². The van der Waals surface area contributed by atoms with Crippen molar-refractivity contribution in [3.05, 3.63) is 29.3 Å². The van der Waals surface area contributed by atoms with Gasteiger partial charge in [0.1, 0.15) is 5.75 Å². The maximum atomic E-state index is 11.8. The number of phenols is 1. The van der Waals surface area contributed by atoms with Crippen LogP contribution >= 0.6 is 0 Å². The molecule has 0 fully saturated rings. The molecule has 0 aliphatic carbocycles. The zero-order valence-corrected chi connectivity index (χ0v) is 12.6. The van der Waals surface area contributed by atoms with Crippen molar-refractivity contribution >= 4 is 16.7 Å². The Labute approximate surface area is 116 Å². The Morgan fingerprint density at radius 1 is 1.37 bits per heavy atom. The molecule has 19 heavy (non-hydrogen) atoms. The van der Waals surface area contributed by atoms with Gasteiger partial charge in [-0.3, -0.25) is 9.00 Å². The third-order valence-electron chi connectivity index (χ3n) is 2.65. The summed E-state index contributed by atoms with van der Waals surface area (Å²) < 4.78 is 11.5. The van der Waals surface area contributed by atoms with Crippen LogP contribution in [-0.2, 0) is 10.8 Å². The van der Waals surface area contributed by atoms with Crippen molar-refractivity contribution in [3.63, 3.8) is 0 Å². The van der Waals surface area contributed by atoms with Gasteiger partial charge in [-0.1, -0.05) is 6.07 Å². The normalized spacial score (nSPS) is 13.1. The summed E-state index contributed by atoms with van der Waals surface area (Å²) in [4.78, 5) is 11.8. The molecule has 0 radical (unpaired) electrons. The van der Waals surface area contributed by atoms with E-state index in [9.17, 15) is 14.1 Å². The van der Waals surface area contributed by atoms with E-state index in [1.807, 2.05) is 27.7 Å². The smallest absolute Gasteiger partial charge is 0.255 e. The number of phenolic OH excluding ortho intramolecular Hbond substituents is 1. The van der Waals surface area contributed by atoms with Gasteiger partial charge < -0.3 is 10.4 Å². The van der Waals surface area contributed by atoms with E-state index in [4.69, 9.17) is 0 Å². The quantitative estimate of drug-likeness (QED) is 0.888. The van der Waals surface area contributed by atoms with E-state index in [1.54, 1.807) is 18.2 Å². The molecule has 2 N–H and O–H groups in total. The molecule has 0 aliphatic rings. The minimum atomic E-state index is -0.996. The van der Waals surface area contributed by atoms with Gasteiger partial charge in [0.2, 0.25) is 0 Å². The molecule has 1 aromatic carbocycles. The van der Waals surface area contributed by atoms with Gasteiger partial charge in [-0.15, -0.1) is 0 Å². The number of nitrogens with one attached hydrogen (secondary N) is 1. The third-order valence-corrected chi connectivity index (χ3v) is 4.59. The second-order valence-electron chi connectivity index (χ2n) is 5.44. The van der Waals surface area contributed by atoms with Crippen LogP contribution < -0.4 is 5.32 Å². The Hall–Kier alpha value is -1.36. The van der Waals surface area contributed by atoms with Crippen LogP contribution in [0.1, 0.15) is 36.7 Å². The number of aromatic hydroxyl groups is 1. The Morgan fingerprint density at radius 2 is 2.00 bits per heavy atom. The number of aryl methyl sites for hydroxylation is 1. The summed E-state index contributed by atoms with van der Waals surface area (Å²) in [6.07, 6.45) is 0. The number of amides is 1. The van der Waals surface area contributed by atoms with Crippen LogP contribution in [0.5, 0.6) is 5.75 Å². The maximum Gasteiger partial charge on any atom is 0.255 e. The van der Waals surface area contributed by atoms with Gasteiger partial charge in [0.05, 0.1) is 5.56 Å². The lowest BCUT2D eigenvalue weighted by Crippen LogP contribution is -2.32. The fourth-order valence-corrected chi connectivity index (χ4v) is 2.39. The van der Waals surface area contributed by atoms with Crippen molar-refractivity contribution < 1.29 is 14.1 Å². The lowest BCUT2D eigenvalue weighted by atomic mass is 10.1. The van der Waals surface area contributed by atoms with Gasteiger partial charge in [-0.05, 0) is 45.4 Å². The molecule has 5 heteroatoms. The number of carbonyl (C=O) groups excluding carboxylic acids is 1. The lowest BCUT2D eigenvalue weighted by molar-refractivity contribution is 0.0953. The Bertz CT molecular complexity index is 492. The molecule has 1 amide bonds. The van der Waals surface area contributed by atoms with Gasteiger partial charge >= 0.3 is 0 Å². The molecule has 0 saturated heterocycles. The first-order chi connectivity index (χ1) is 8.71. The lowest BCUT2D eigenvalue weighted by Gasteiger charge is -2.17. The zero-order valence-electron chi connectivity index (χ0n) is 11.8. The van der Waals surface area contributed by atoms with E-state index >= 15 is 0 Å². The number of benzene rings is 1. The van der Waals surface area contributed by atoms with Crippen LogP contribution in [0.2, 0.25) is 0 Å². The van der Waals surface area contributed by atoms with Crippen LogP contribution in [0.25, 0.3) is 0 Å². The predicted octanol–water partition coefficient (Wildman–Crippen LogP) is 1.98. The summed E-state index contributed by atoms with van der Waals surface area (Å²) in [5.74, 6) is 0.0276. The molecule has 0 unspecified atom stereocenters. The zero-order chi connectivity index (χ0) is 14.6. The first-order valence-corrected chi connectivity index (χ1v) is 7.50. The molecule has 0 heterocycles. The van der Waals surface area contributed by atoms with Crippen molar-refractivity contribution in [2.24, 2.45) is 0 Å². The average molecular weight is 283 g/mol. The van der Waals surface area contributed by atoms with Crippen molar-refractivity contribution in [1.29, 1.82) is 0 Å². The van der Waals surface area contributed by atoms with Crippen molar-refractivity contribution in [1.82, 2.24) is 5.32 Å². The summed E-state index contributed by atoms with van der Waals surface area (Å²) >= 11 is 0. The average Bonchev–Trinajstić information content (AvgIpc) is 2.27. The van der Waals surface area contributed by atoms with Gasteiger partial charge in [0.15, 0.2) is 0 Å². The summed E-state index contributed by atoms with van der Waals surface area (Å²) in [5, 5.41) is 12.3. The molecule has 1 aromatic rings. The number of hydrogen-bond donors (Lipinski definition) is 2. The minimum Gasteiger partial charge on any atom is -0.507 e. The Kier molecular flexibility index (Phi) is 5.11. The highest BCUT2D eigenvalue weighted by Crippen LogP contribution is 2.18. The first kappa shape index (κ1) is 15.7. The Balaban J connectivity index is 2.55. The largest absolute Gasteiger partial charge is 0.507 e. The molecule has 0 spiro atoms. The maximum absolute atomic E-state index is 11.8.